The molecule has 1 aliphatic carbocycles. The SMILES string of the molecule is N#Cc1ccc(Cl)c(NC2CC(c3ccc(Br)cc3)C2)c1. The van der Waals surface area contributed by atoms with Crippen LogP contribution in [-0.4, -0.2) is 6.04 Å². The van der Waals surface area contributed by atoms with Gasteiger partial charge in [-0.05, 0) is 54.7 Å². The van der Waals surface area contributed by atoms with E-state index >= 15 is 0 Å². The Morgan fingerprint density at radius 2 is 1.86 bits per heavy atom. The van der Waals surface area contributed by atoms with Gasteiger partial charge in [0.1, 0.15) is 0 Å². The summed E-state index contributed by atoms with van der Waals surface area (Å²) in [7, 11) is 0. The Kier molecular flexibility index (Phi) is 4.19. The van der Waals surface area contributed by atoms with Crippen molar-refractivity contribution in [3.63, 3.8) is 0 Å². The fourth-order valence-electron chi connectivity index (χ4n) is 2.67. The second kappa shape index (κ2) is 6.09. The van der Waals surface area contributed by atoms with E-state index in [1.54, 1.807) is 12.1 Å². The van der Waals surface area contributed by atoms with Crippen LogP contribution >= 0.6 is 27.5 Å². The number of hydrogen-bond acceptors (Lipinski definition) is 2. The molecule has 106 valence electrons. The average Bonchev–Trinajstić information content (AvgIpc) is 2.45. The minimum atomic E-state index is 0.421. The molecule has 2 nitrogen and oxygen atoms in total. The van der Waals surface area contributed by atoms with E-state index in [1.165, 1.54) is 5.56 Å². The molecule has 21 heavy (non-hydrogen) atoms. The van der Waals surface area contributed by atoms with Gasteiger partial charge in [0, 0.05) is 10.5 Å². The van der Waals surface area contributed by atoms with Crippen LogP contribution in [0.3, 0.4) is 0 Å². The van der Waals surface area contributed by atoms with E-state index in [0.717, 1.165) is 23.0 Å². The van der Waals surface area contributed by atoms with E-state index < -0.39 is 0 Å². The van der Waals surface area contributed by atoms with Crippen molar-refractivity contribution in [2.75, 3.05) is 5.32 Å². The highest BCUT2D eigenvalue weighted by Crippen LogP contribution is 2.39. The third-order valence-corrected chi connectivity index (χ3v) is 4.79. The molecule has 1 N–H and O–H groups in total. The predicted molar refractivity (Wildman–Crippen MR) is 89.7 cm³/mol. The quantitative estimate of drug-likeness (QED) is 0.801. The zero-order valence-electron chi connectivity index (χ0n) is 11.3. The summed E-state index contributed by atoms with van der Waals surface area (Å²) in [6, 6.07) is 16.4. The van der Waals surface area contributed by atoms with Gasteiger partial charge in [-0.1, -0.05) is 39.7 Å². The molecular formula is C17H14BrClN2. The Bertz CT molecular complexity index is 685. The van der Waals surface area contributed by atoms with Crippen LogP contribution in [0, 0.1) is 11.3 Å². The van der Waals surface area contributed by atoms with Crippen LogP contribution in [0.2, 0.25) is 5.02 Å². The average molecular weight is 362 g/mol. The predicted octanol–water partition coefficient (Wildman–Crippen LogP) is 5.33. The molecule has 2 aromatic carbocycles. The molecule has 0 aromatic heterocycles. The first kappa shape index (κ1) is 14.4. The standard InChI is InChI=1S/C17H14BrClN2/c18-14-4-2-12(3-5-14)13-8-15(9-13)21-17-7-11(10-20)1-6-16(17)19/h1-7,13,15,21H,8-9H2. The number of halogens is 2. The van der Waals surface area contributed by atoms with Gasteiger partial charge in [0.05, 0.1) is 22.3 Å². The number of rotatable bonds is 3. The summed E-state index contributed by atoms with van der Waals surface area (Å²) < 4.78 is 1.11. The lowest BCUT2D eigenvalue weighted by Crippen LogP contribution is -2.34. The normalized spacial score (nSPS) is 20.4. The molecule has 0 aliphatic heterocycles. The van der Waals surface area contributed by atoms with Crippen molar-refractivity contribution in [2.45, 2.75) is 24.8 Å². The molecule has 0 unspecified atom stereocenters. The fraction of sp³-hybridized carbons (Fsp3) is 0.235. The summed E-state index contributed by atoms with van der Waals surface area (Å²) in [6.07, 6.45) is 2.18. The summed E-state index contributed by atoms with van der Waals surface area (Å²) in [5.74, 6) is 0.605. The first-order valence-corrected chi connectivity index (χ1v) is 8.04. The Balaban J connectivity index is 1.62. The van der Waals surface area contributed by atoms with Gasteiger partial charge < -0.3 is 5.32 Å². The van der Waals surface area contributed by atoms with Crippen LogP contribution in [0.15, 0.2) is 46.9 Å². The second-order valence-corrected chi connectivity index (χ2v) is 6.69. The van der Waals surface area contributed by atoms with E-state index in [9.17, 15) is 0 Å². The molecular weight excluding hydrogens is 348 g/mol. The maximum Gasteiger partial charge on any atom is 0.0992 e. The molecule has 0 radical (unpaired) electrons. The van der Waals surface area contributed by atoms with Gasteiger partial charge in [0.25, 0.3) is 0 Å². The Hall–Kier alpha value is -1.50. The molecule has 0 bridgehead atoms. The highest BCUT2D eigenvalue weighted by Gasteiger charge is 2.30. The molecule has 1 aliphatic rings. The number of nitrogens with one attached hydrogen (secondary N) is 1. The summed E-state index contributed by atoms with van der Waals surface area (Å²) in [5, 5.41) is 13.1. The molecule has 2 aromatic rings. The first-order chi connectivity index (χ1) is 10.2. The highest BCUT2D eigenvalue weighted by molar-refractivity contribution is 9.10. The summed E-state index contributed by atoms with van der Waals surface area (Å²) in [6.45, 7) is 0. The molecule has 0 atom stereocenters. The van der Waals surface area contributed by atoms with Crippen LogP contribution in [-0.2, 0) is 0 Å². The number of hydrogen-bond donors (Lipinski definition) is 1. The van der Waals surface area contributed by atoms with Crippen LogP contribution in [0.4, 0.5) is 5.69 Å². The van der Waals surface area contributed by atoms with E-state index in [0.29, 0.717) is 22.5 Å². The summed E-state index contributed by atoms with van der Waals surface area (Å²) >= 11 is 9.63. The van der Waals surface area contributed by atoms with Gasteiger partial charge in [0.15, 0.2) is 0 Å². The van der Waals surface area contributed by atoms with E-state index in [4.69, 9.17) is 16.9 Å². The minimum absolute atomic E-state index is 0.421. The molecule has 0 saturated heterocycles. The van der Waals surface area contributed by atoms with Gasteiger partial charge in [-0.25, -0.2) is 0 Å². The van der Waals surface area contributed by atoms with Gasteiger partial charge in [-0.3, -0.25) is 0 Å². The van der Waals surface area contributed by atoms with Crippen molar-refractivity contribution in [3.8, 4) is 6.07 Å². The number of anilines is 1. The van der Waals surface area contributed by atoms with Gasteiger partial charge in [-0.2, -0.15) is 5.26 Å². The molecule has 0 spiro atoms. The van der Waals surface area contributed by atoms with Crippen molar-refractivity contribution in [1.29, 1.82) is 5.26 Å². The lowest BCUT2D eigenvalue weighted by molar-refractivity contribution is 0.374. The minimum Gasteiger partial charge on any atom is -0.381 e. The maximum absolute atomic E-state index is 8.95. The Morgan fingerprint density at radius 1 is 1.14 bits per heavy atom. The van der Waals surface area contributed by atoms with Gasteiger partial charge in [0.2, 0.25) is 0 Å². The van der Waals surface area contributed by atoms with Gasteiger partial charge >= 0.3 is 0 Å². The number of nitrogens with zero attached hydrogens (tertiary/aromatic N) is 1. The molecule has 3 rings (SSSR count). The van der Waals surface area contributed by atoms with Crippen molar-refractivity contribution >= 4 is 33.2 Å². The Morgan fingerprint density at radius 3 is 2.52 bits per heavy atom. The van der Waals surface area contributed by atoms with E-state index in [1.807, 2.05) is 6.07 Å². The Labute approximate surface area is 137 Å². The first-order valence-electron chi connectivity index (χ1n) is 6.87. The molecule has 0 heterocycles. The molecule has 4 heteroatoms. The highest BCUT2D eigenvalue weighted by atomic mass is 79.9. The van der Waals surface area contributed by atoms with Crippen molar-refractivity contribution in [1.82, 2.24) is 0 Å². The zero-order chi connectivity index (χ0) is 14.8. The van der Waals surface area contributed by atoms with E-state index in [2.05, 4.69) is 51.6 Å². The summed E-state index contributed by atoms with van der Waals surface area (Å²) in [5.41, 5.74) is 2.87. The monoisotopic (exact) mass is 360 g/mol. The van der Waals surface area contributed by atoms with Gasteiger partial charge in [-0.15, -0.1) is 0 Å². The largest absolute Gasteiger partial charge is 0.381 e. The van der Waals surface area contributed by atoms with E-state index in [-0.39, 0.29) is 0 Å². The fourth-order valence-corrected chi connectivity index (χ4v) is 3.10. The number of nitriles is 1. The zero-order valence-corrected chi connectivity index (χ0v) is 13.7. The van der Waals surface area contributed by atoms with Crippen LogP contribution in [0.5, 0.6) is 0 Å². The molecule has 1 saturated carbocycles. The lowest BCUT2D eigenvalue weighted by Gasteiger charge is -2.37. The summed E-state index contributed by atoms with van der Waals surface area (Å²) in [4.78, 5) is 0. The second-order valence-electron chi connectivity index (χ2n) is 5.37. The van der Waals surface area contributed by atoms with Crippen molar-refractivity contribution in [2.24, 2.45) is 0 Å². The van der Waals surface area contributed by atoms with Crippen LogP contribution in [0.25, 0.3) is 0 Å². The molecule has 0 amide bonds. The van der Waals surface area contributed by atoms with Crippen molar-refractivity contribution in [3.05, 3.63) is 63.1 Å². The molecule has 1 fully saturated rings. The third-order valence-electron chi connectivity index (χ3n) is 3.93. The number of benzene rings is 2. The van der Waals surface area contributed by atoms with Crippen molar-refractivity contribution < 1.29 is 0 Å². The van der Waals surface area contributed by atoms with Crippen LogP contribution in [0.1, 0.15) is 29.9 Å². The van der Waals surface area contributed by atoms with Crippen LogP contribution < -0.4 is 5.32 Å². The smallest absolute Gasteiger partial charge is 0.0992 e. The maximum atomic E-state index is 8.95. The third kappa shape index (κ3) is 3.23. The topological polar surface area (TPSA) is 35.8 Å². The lowest BCUT2D eigenvalue weighted by atomic mass is 9.76.